The molecule has 0 aliphatic carbocycles. The van der Waals surface area contributed by atoms with Gasteiger partial charge in [-0.05, 0) is 25.1 Å². The first-order chi connectivity index (χ1) is 13.5. The summed E-state index contributed by atoms with van der Waals surface area (Å²) in [6, 6.07) is 13.4. The number of thioether (sulfide) groups is 1. The van der Waals surface area contributed by atoms with Crippen molar-refractivity contribution in [2.24, 2.45) is 0 Å². The van der Waals surface area contributed by atoms with E-state index in [1.54, 1.807) is 0 Å². The molecule has 4 rings (SSSR count). The van der Waals surface area contributed by atoms with Gasteiger partial charge in [0.1, 0.15) is 16.9 Å². The van der Waals surface area contributed by atoms with Crippen molar-refractivity contribution in [3.63, 3.8) is 0 Å². The predicted molar refractivity (Wildman–Crippen MR) is 104 cm³/mol. The van der Waals surface area contributed by atoms with Crippen LogP contribution < -0.4 is 5.32 Å². The van der Waals surface area contributed by atoms with E-state index < -0.39 is 4.92 Å². The van der Waals surface area contributed by atoms with E-state index in [2.05, 4.69) is 10.3 Å². The van der Waals surface area contributed by atoms with Gasteiger partial charge in [0, 0.05) is 17.5 Å². The van der Waals surface area contributed by atoms with Gasteiger partial charge in [-0.15, -0.1) is 0 Å². The van der Waals surface area contributed by atoms with Gasteiger partial charge in [-0.2, -0.15) is 0 Å². The van der Waals surface area contributed by atoms with Gasteiger partial charge in [0.05, 0.1) is 16.7 Å². The van der Waals surface area contributed by atoms with E-state index in [0.717, 1.165) is 22.7 Å². The lowest BCUT2D eigenvalue weighted by Gasteiger charge is -2.10. The van der Waals surface area contributed by atoms with Crippen LogP contribution in [0.2, 0.25) is 0 Å². The van der Waals surface area contributed by atoms with Gasteiger partial charge in [0.25, 0.3) is 10.9 Å². The number of carbonyl (C=O) groups excluding carboxylic acids is 1. The van der Waals surface area contributed by atoms with Crippen LogP contribution in [0.4, 0.5) is 5.69 Å². The number of amides is 1. The maximum absolute atomic E-state index is 12.2. The van der Waals surface area contributed by atoms with Gasteiger partial charge in [-0.1, -0.05) is 30.0 Å². The second-order valence-electron chi connectivity index (χ2n) is 6.15. The quantitative estimate of drug-likeness (QED) is 0.290. The number of para-hydroxylation sites is 1. The summed E-state index contributed by atoms with van der Waals surface area (Å²) in [6.07, 6.45) is 0. The smallest absolute Gasteiger partial charge is 0.271 e. The topological polar surface area (TPSA) is 111 Å². The first-order valence-corrected chi connectivity index (χ1v) is 9.44. The number of rotatable bonds is 6. The predicted octanol–water partition coefficient (Wildman–Crippen LogP) is 4.45. The summed E-state index contributed by atoms with van der Waals surface area (Å²) in [6.45, 7) is 1.85. The molecule has 8 nitrogen and oxygen atoms in total. The van der Waals surface area contributed by atoms with E-state index in [-0.39, 0.29) is 28.6 Å². The minimum atomic E-state index is -0.492. The Bertz CT molecular complexity index is 1150. The summed E-state index contributed by atoms with van der Waals surface area (Å²) in [5, 5.41) is 15.0. The first-order valence-electron chi connectivity index (χ1n) is 8.45. The second-order valence-corrected chi connectivity index (χ2v) is 7.08. The minimum Gasteiger partial charge on any atom is -0.459 e. The molecule has 28 heavy (non-hydrogen) atoms. The molecule has 0 radical (unpaired) electrons. The van der Waals surface area contributed by atoms with Gasteiger partial charge >= 0.3 is 0 Å². The Morgan fingerprint density at radius 3 is 2.82 bits per heavy atom. The molecule has 4 aromatic rings. The number of fused-ring (bicyclic) bond motifs is 2. The lowest BCUT2D eigenvalue weighted by atomic mass is 10.2. The van der Waals surface area contributed by atoms with Crippen molar-refractivity contribution in [1.29, 1.82) is 0 Å². The zero-order valence-electron chi connectivity index (χ0n) is 14.7. The Kier molecular flexibility index (Phi) is 4.74. The number of nitro benzene ring substituents is 1. The molecule has 0 fully saturated rings. The van der Waals surface area contributed by atoms with Crippen molar-refractivity contribution in [2.45, 2.75) is 18.2 Å². The van der Waals surface area contributed by atoms with Gasteiger partial charge in [-0.3, -0.25) is 14.9 Å². The van der Waals surface area contributed by atoms with Crippen LogP contribution in [0.5, 0.6) is 0 Å². The van der Waals surface area contributed by atoms with Crippen LogP contribution in [0.15, 0.2) is 62.6 Å². The molecule has 1 N–H and O–H groups in total. The summed E-state index contributed by atoms with van der Waals surface area (Å²) < 4.78 is 11.3. The average molecular weight is 397 g/mol. The second kappa shape index (κ2) is 7.35. The summed E-state index contributed by atoms with van der Waals surface area (Å²) in [5.41, 5.74) is 1.53. The number of oxazole rings is 1. The van der Waals surface area contributed by atoms with Crippen molar-refractivity contribution >= 4 is 45.4 Å². The number of nitro groups is 1. The molecule has 0 bridgehead atoms. The number of nitrogens with one attached hydrogen (secondary N) is 1. The highest BCUT2D eigenvalue weighted by Crippen LogP contribution is 2.27. The van der Waals surface area contributed by atoms with Crippen LogP contribution in [0.3, 0.4) is 0 Å². The number of non-ortho nitro benzene ring substituents is 1. The zero-order chi connectivity index (χ0) is 19.7. The maximum atomic E-state index is 12.2. The van der Waals surface area contributed by atoms with Gasteiger partial charge < -0.3 is 14.2 Å². The van der Waals surface area contributed by atoms with Crippen LogP contribution in [-0.2, 0) is 4.79 Å². The number of hydrogen-bond acceptors (Lipinski definition) is 7. The SMILES string of the molecule is C[C@H](NC(=O)CSc1nc2cc([N+](=O)[O-])ccc2o1)c1cc2ccccc2o1. The van der Waals surface area contributed by atoms with E-state index in [0.29, 0.717) is 16.9 Å². The molecule has 9 heteroatoms. The Balaban J connectivity index is 1.38. The van der Waals surface area contributed by atoms with Crippen LogP contribution >= 0.6 is 11.8 Å². The summed E-state index contributed by atoms with van der Waals surface area (Å²) in [4.78, 5) is 26.8. The van der Waals surface area contributed by atoms with Gasteiger partial charge in [0.2, 0.25) is 5.91 Å². The number of aromatic nitrogens is 1. The minimum absolute atomic E-state index is 0.0604. The van der Waals surface area contributed by atoms with E-state index in [4.69, 9.17) is 8.83 Å². The normalized spacial score (nSPS) is 12.3. The summed E-state index contributed by atoms with van der Waals surface area (Å²) in [7, 11) is 0. The van der Waals surface area contributed by atoms with Crippen LogP contribution in [0.1, 0.15) is 18.7 Å². The first kappa shape index (κ1) is 18.1. The lowest BCUT2D eigenvalue weighted by molar-refractivity contribution is -0.384. The molecule has 0 aliphatic heterocycles. The molecule has 0 saturated carbocycles. The Morgan fingerprint density at radius 1 is 1.21 bits per heavy atom. The molecule has 1 atom stereocenters. The van der Waals surface area contributed by atoms with Crippen molar-refractivity contribution < 1.29 is 18.6 Å². The largest absolute Gasteiger partial charge is 0.459 e. The number of furan rings is 1. The molecule has 2 heterocycles. The third kappa shape index (κ3) is 3.70. The lowest BCUT2D eigenvalue weighted by Crippen LogP contribution is -2.27. The molecule has 1 amide bonds. The molecular formula is C19H15N3O5S. The molecular weight excluding hydrogens is 382 g/mol. The van der Waals surface area contributed by atoms with Gasteiger partial charge in [-0.25, -0.2) is 4.98 Å². The average Bonchev–Trinajstić information content (AvgIpc) is 3.29. The van der Waals surface area contributed by atoms with Crippen molar-refractivity contribution in [1.82, 2.24) is 10.3 Å². The van der Waals surface area contributed by atoms with Gasteiger partial charge in [0.15, 0.2) is 5.58 Å². The summed E-state index contributed by atoms with van der Waals surface area (Å²) in [5.74, 6) is 0.569. The fraction of sp³-hybridized carbons (Fsp3) is 0.158. The van der Waals surface area contributed by atoms with Crippen LogP contribution in [0.25, 0.3) is 22.1 Å². The third-order valence-electron chi connectivity index (χ3n) is 4.14. The standard InChI is InChI=1S/C19H15N3O5S/c1-11(17-8-12-4-2-3-5-15(12)26-17)20-18(23)10-28-19-21-14-9-13(22(24)25)6-7-16(14)27-19/h2-9,11H,10H2,1H3,(H,20,23)/t11-/m0/s1. The Morgan fingerprint density at radius 2 is 2.04 bits per heavy atom. The Labute approximate surface area is 163 Å². The zero-order valence-corrected chi connectivity index (χ0v) is 15.6. The van der Waals surface area contributed by atoms with E-state index in [9.17, 15) is 14.9 Å². The molecule has 0 spiro atoms. The number of carbonyl (C=O) groups is 1. The summed E-state index contributed by atoms with van der Waals surface area (Å²) >= 11 is 1.12. The van der Waals surface area contributed by atoms with Crippen molar-refractivity contribution in [3.8, 4) is 0 Å². The molecule has 0 saturated heterocycles. The molecule has 142 valence electrons. The van der Waals surface area contributed by atoms with Crippen molar-refractivity contribution in [3.05, 3.63) is 64.4 Å². The maximum Gasteiger partial charge on any atom is 0.271 e. The monoisotopic (exact) mass is 397 g/mol. The fourth-order valence-electron chi connectivity index (χ4n) is 2.77. The molecule has 0 unspecified atom stereocenters. The highest BCUT2D eigenvalue weighted by Gasteiger charge is 2.16. The number of nitrogens with zero attached hydrogens (tertiary/aromatic N) is 2. The van der Waals surface area contributed by atoms with E-state index in [1.807, 2.05) is 37.3 Å². The van der Waals surface area contributed by atoms with Crippen molar-refractivity contribution in [2.75, 3.05) is 5.75 Å². The number of benzene rings is 2. The molecule has 0 aliphatic rings. The van der Waals surface area contributed by atoms with Crippen LogP contribution in [0, 0.1) is 10.1 Å². The van der Waals surface area contributed by atoms with Crippen LogP contribution in [-0.4, -0.2) is 21.6 Å². The third-order valence-corrected chi connectivity index (χ3v) is 4.97. The molecule has 2 aromatic heterocycles. The highest BCUT2D eigenvalue weighted by atomic mass is 32.2. The van der Waals surface area contributed by atoms with E-state index in [1.165, 1.54) is 18.2 Å². The molecule has 2 aromatic carbocycles. The highest BCUT2D eigenvalue weighted by molar-refractivity contribution is 7.99. The van der Waals surface area contributed by atoms with E-state index >= 15 is 0 Å². The fourth-order valence-corrected chi connectivity index (χ4v) is 3.42. The Hall–Kier alpha value is -3.33. The number of hydrogen-bond donors (Lipinski definition) is 1.